The van der Waals surface area contributed by atoms with Gasteiger partial charge in [0.25, 0.3) is 0 Å². The Morgan fingerprint density at radius 2 is 1.70 bits per heavy atom. The summed E-state index contributed by atoms with van der Waals surface area (Å²) in [6.07, 6.45) is 1.93. The standard InChI is InChI=1S/C9H20O/c1-5-6-9(10)8(4)7(2)3/h7-10H,5-6H2,1-4H3/t8-,9?/m1/s1. The van der Waals surface area contributed by atoms with Gasteiger partial charge >= 0.3 is 0 Å². The van der Waals surface area contributed by atoms with E-state index in [1.165, 1.54) is 0 Å². The van der Waals surface area contributed by atoms with Gasteiger partial charge in [0.2, 0.25) is 0 Å². The largest absolute Gasteiger partial charge is 0.393 e. The number of hydrogen-bond donors (Lipinski definition) is 1. The van der Waals surface area contributed by atoms with Crippen LogP contribution in [-0.4, -0.2) is 11.2 Å². The van der Waals surface area contributed by atoms with E-state index in [9.17, 15) is 5.11 Å². The van der Waals surface area contributed by atoms with E-state index in [1.807, 2.05) is 0 Å². The van der Waals surface area contributed by atoms with Gasteiger partial charge in [-0.05, 0) is 18.3 Å². The fraction of sp³-hybridized carbons (Fsp3) is 1.00. The molecular formula is C9H20O. The molecule has 1 unspecified atom stereocenters. The SMILES string of the molecule is CCCC(O)[C@H](C)C(C)C. The second-order valence-corrected chi connectivity index (χ2v) is 3.46. The van der Waals surface area contributed by atoms with Crippen molar-refractivity contribution in [1.29, 1.82) is 0 Å². The van der Waals surface area contributed by atoms with Crippen LogP contribution in [0, 0.1) is 11.8 Å². The van der Waals surface area contributed by atoms with Crippen LogP contribution in [0.15, 0.2) is 0 Å². The number of rotatable bonds is 4. The van der Waals surface area contributed by atoms with Crippen LogP contribution in [0.25, 0.3) is 0 Å². The minimum Gasteiger partial charge on any atom is -0.393 e. The lowest BCUT2D eigenvalue weighted by Crippen LogP contribution is -2.21. The third-order valence-electron chi connectivity index (χ3n) is 2.24. The first-order valence-corrected chi connectivity index (χ1v) is 4.27. The van der Waals surface area contributed by atoms with E-state index in [-0.39, 0.29) is 6.10 Å². The highest BCUT2D eigenvalue weighted by molar-refractivity contribution is 4.66. The van der Waals surface area contributed by atoms with Gasteiger partial charge in [-0.3, -0.25) is 0 Å². The number of aliphatic hydroxyl groups excluding tert-OH is 1. The number of hydrogen-bond acceptors (Lipinski definition) is 1. The van der Waals surface area contributed by atoms with Gasteiger partial charge in [-0.1, -0.05) is 34.1 Å². The van der Waals surface area contributed by atoms with E-state index < -0.39 is 0 Å². The van der Waals surface area contributed by atoms with Gasteiger partial charge in [0.1, 0.15) is 0 Å². The zero-order valence-electron chi connectivity index (χ0n) is 7.59. The molecule has 0 aromatic rings. The van der Waals surface area contributed by atoms with Crippen molar-refractivity contribution in [3.8, 4) is 0 Å². The molecule has 2 atom stereocenters. The van der Waals surface area contributed by atoms with E-state index in [2.05, 4.69) is 27.7 Å². The summed E-state index contributed by atoms with van der Waals surface area (Å²) in [6.45, 7) is 8.54. The smallest absolute Gasteiger partial charge is 0.0568 e. The molecule has 0 saturated carbocycles. The maximum absolute atomic E-state index is 9.49. The molecule has 0 spiro atoms. The lowest BCUT2D eigenvalue weighted by atomic mass is 9.90. The van der Waals surface area contributed by atoms with Gasteiger partial charge in [0.05, 0.1) is 6.10 Å². The average molecular weight is 144 g/mol. The van der Waals surface area contributed by atoms with Gasteiger partial charge in [-0.25, -0.2) is 0 Å². The van der Waals surface area contributed by atoms with Crippen LogP contribution in [0.5, 0.6) is 0 Å². The van der Waals surface area contributed by atoms with Crippen molar-refractivity contribution in [3.05, 3.63) is 0 Å². The second kappa shape index (κ2) is 4.73. The summed E-state index contributed by atoms with van der Waals surface area (Å²) < 4.78 is 0. The van der Waals surface area contributed by atoms with Crippen LogP contribution < -0.4 is 0 Å². The van der Waals surface area contributed by atoms with E-state index in [0.717, 1.165) is 12.8 Å². The first-order valence-electron chi connectivity index (χ1n) is 4.27. The quantitative estimate of drug-likeness (QED) is 0.642. The Bertz CT molecular complexity index is 78.8. The monoisotopic (exact) mass is 144 g/mol. The third kappa shape index (κ3) is 3.21. The molecule has 0 aromatic heterocycles. The van der Waals surface area contributed by atoms with Gasteiger partial charge in [0.15, 0.2) is 0 Å². The second-order valence-electron chi connectivity index (χ2n) is 3.46. The zero-order chi connectivity index (χ0) is 8.15. The maximum atomic E-state index is 9.49. The molecule has 0 aliphatic heterocycles. The minimum atomic E-state index is -0.0926. The molecule has 0 amide bonds. The average Bonchev–Trinajstić information content (AvgIpc) is 1.87. The Morgan fingerprint density at radius 3 is 2.00 bits per heavy atom. The van der Waals surface area contributed by atoms with Gasteiger partial charge in [0, 0.05) is 0 Å². The maximum Gasteiger partial charge on any atom is 0.0568 e. The zero-order valence-corrected chi connectivity index (χ0v) is 7.59. The predicted octanol–water partition coefficient (Wildman–Crippen LogP) is 2.44. The van der Waals surface area contributed by atoms with Gasteiger partial charge in [-0.15, -0.1) is 0 Å². The van der Waals surface area contributed by atoms with Crippen molar-refractivity contribution < 1.29 is 5.11 Å². The van der Waals surface area contributed by atoms with Crippen molar-refractivity contribution in [2.75, 3.05) is 0 Å². The minimum absolute atomic E-state index is 0.0926. The normalized spacial score (nSPS) is 17.4. The summed E-state index contributed by atoms with van der Waals surface area (Å²) in [4.78, 5) is 0. The molecule has 0 saturated heterocycles. The summed E-state index contributed by atoms with van der Waals surface area (Å²) in [6, 6.07) is 0. The third-order valence-corrected chi connectivity index (χ3v) is 2.24. The Morgan fingerprint density at radius 1 is 1.20 bits per heavy atom. The van der Waals surface area contributed by atoms with E-state index in [1.54, 1.807) is 0 Å². The molecule has 0 fully saturated rings. The predicted molar refractivity (Wildman–Crippen MR) is 44.9 cm³/mol. The van der Waals surface area contributed by atoms with Crippen molar-refractivity contribution in [3.63, 3.8) is 0 Å². The Kier molecular flexibility index (Phi) is 4.71. The van der Waals surface area contributed by atoms with Crippen molar-refractivity contribution >= 4 is 0 Å². The van der Waals surface area contributed by atoms with Crippen LogP contribution in [-0.2, 0) is 0 Å². The first-order chi connectivity index (χ1) is 4.59. The lowest BCUT2D eigenvalue weighted by molar-refractivity contribution is 0.0832. The highest BCUT2D eigenvalue weighted by Crippen LogP contribution is 2.17. The van der Waals surface area contributed by atoms with Crippen molar-refractivity contribution in [1.82, 2.24) is 0 Å². The Balaban J connectivity index is 3.58. The van der Waals surface area contributed by atoms with Gasteiger partial charge in [-0.2, -0.15) is 0 Å². The molecule has 0 aliphatic carbocycles. The summed E-state index contributed by atoms with van der Waals surface area (Å²) in [5.41, 5.74) is 0. The molecule has 1 heteroatoms. The fourth-order valence-corrected chi connectivity index (χ4v) is 1.00. The summed E-state index contributed by atoms with van der Waals surface area (Å²) in [7, 11) is 0. The molecule has 0 rings (SSSR count). The van der Waals surface area contributed by atoms with E-state index in [4.69, 9.17) is 0 Å². The van der Waals surface area contributed by atoms with Crippen LogP contribution >= 0.6 is 0 Å². The van der Waals surface area contributed by atoms with Crippen molar-refractivity contribution in [2.45, 2.75) is 46.6 Å². The molecular weight excluding hydrogens is 124 g/mol. The highest BCUT2D eigenvalue weighted by atomic mass is 16.3. The van der Waals surface area contributed by atoms with Crippen LogP contribution in [0.1, 0.15) is 40.5 Å². The van der Waals surface area contributed by atoms with Crippen LogP contribution in [0.2, 0.25) is 0 Å². The number of aliphatic hydroxyl groups is 1. The molecule has 0 heterocycles. The molecule has 0 aliphatic rings. The Hall–Kier alpha value is -0.0400. The van der Waals surface area contributed by atoms with Crippen LogP contribution in [0.3, 0.4) is 0 Å². The first kappa shape index (κ1) is 9.96. The molecule has 1 nitrogen and oxygen atoms in total. The molecule has 1 N–H and O–H groups in total. The lowest BCUT2D eigenvalue weighted by Gasteiger charge is -2.21. The summed E-state index contributed by atoms with van der Waals surface area (Å²) in [5.74, 6) is 1.04. The van der Waals surface area contributed by atoms with Crippen molar-refractivity contribution in [2.24, 2.45) is 11.8 Å². The highest BCUT2D eigenvalue weighted by Gasteiger charge is 2.15. The van der Waals surface area contributed by atoms with E-state index >= 15 is 0 Å². The topological polar surface area (TPSA) is 20.2 Å². The van der Waals surface area contributed by atoms with E-state index in [0.29, 0.717) is 11.8 Å². The van der Waals surface area contributed by atoms with Gasteiger partial charge < -0.3 is 5.11 Å². The summed E-state index contributed by atoms with van der Waals surface area (Å²) >= 11 is 0. The molecule has 10 heavy (non-hydrogen) atoms. The molecule has 0 bridgehead atoms. The molecule has 0 radical (unpaired) electrons. The molecule has 62 valence electrons. The molecule has 0 aromatic carbocycles. The fourth-order valence-electron chi connectivity index (χ4n) is 1.00. The summed E-state index contributed by atoms with van der Waals surface area (Å²) in [5, 5.41) is 9.49. The Labute approximate surface area is 64.5 Å². The van der Waals surface area contributed by atoms with Crippen LogP contribution in [0.4, 0.5) is 0 Å².